The first-order valence-electron chi connectivity index (χ1n) is 3.60. The van der Waals surface area contributed by atoms with E-state index in [4.69, 9.17) is 9.84 Å². The smallest absolute Gasteiger partial charge is 0.323 e. The molecular weight excluding hydrogens is 174 g/mol. The molecule has 0 aliphatic rings. The van der Waals surface area contributed by atoms with Gasteiger partial charge in [0.2, 0.25) is 0 Å². The van der Waals surface area contributed by atoms with Crippen molar-refractivity contribution in [3.8, 4) is 5.88 Å². The van der Waals surface area contributed by atoms with Crippen LogP contribution in [0.4, 0.5) is 0 Å². The van der Waals surface area contributed by atoms with Crippen LogP contribution < -0.4 is 10.2 Å². The van der Waals surface area contributed by atoms with Crippen LogP contribution in [0.1, 0.15) is 0 Å². The summed E-state index contributed by atoms with van der Waals surface area (Å²) in [5, 5.41) is 8.50. The van der Waals surface area contributed by atoms with Gasteiger partial charge in [-0.3, -0.25) is 9.59 Å². The molecule has 13 heavy (non-hydrogen) atoms. The monoisotopic (exact) mass is 183 g/mol. The second kappa shape index (κ2) is 3.75. The van der Waals surface area contributed by atoms with Gasteiger partial charge in [0.15, 0.2) is 11.3 Å². The van der Waals surface area contributed by atoms with Gasteiger partial charge in [0, 0.05) is 18.3 Å². The summed E-state index contributed by atoms with van der Waals surface area (Å²) in [4.78, 5) is 21.2. The average molecular weight is 183 g/mol. The summed E-state index contributed by atoms with van der Waals surface area (Å²) in [5.74, 6) is -0.739. The minimum absolute atomic E-state index is 0.210. The van der Waals surface area contributed by atoms with Crippen LogP contribution >= 0.6 is 0 Å². The fourth-order valence-corrected chi connectivity index (χ4v) is 0.942. The van der Waals surface area contributed by atoms with Gasteiger partial charge >= 0.3 is 5.97 Å². The predicted octanol–water partition coefficient (Wildman–Crippen LogP) is -0.0585. The Kier molecular flexibility index (Phi) is 2.69. The maximum absolute atomic E-state index is 10.8. The number of methoxy groups -OCH3 is 1. The zero-order chi connectivity index (χ0) is 9.84. The van der Waals surface area contributed by atoms with Gasteiger partial charge in [-0.2, -0.15) is 0 Å². The summed E-state index contributed by atoms with van der Waals surface area (Å²) in [6, 6.07) is 2.52. The fraction of sp³-hybridized carbons (Fsp3) is 0.250. The molecule has 1 aromatic rings. The number of carbonyl (C=O) groups is 1. The van der Waals surface area contributed by atoms with E-state index in [2.05, 4.69) is 0 Å². The van der Waals surface area contributed by atoms with E-state index in [-0.39, 0.29) is 17.9 Å². The lowest BCUT2D eigenvalue weighted by molar-refractivity contribution is -0.137. The molecule has 1 aromatic heterocycles. The highest BCUT2D eigenvalue weighted by molar-refractivity contribution is 5.66. The average Bonchev–Trinajstić information content (AvgIpc) is 2.07. The Morgan fingerprint density at radius 1 is 1.69 bits per heavy atom. The number of hydrogen-bond donors (Lipinski definition) is 1. The number of aromatic nitrogens is 1. The van der Waals surface area contributed by atoms with Crippen LogP contribution in [0.15, 0.2) is 23.1 Å². The summed E-state index contributed by atoms with van der Waals surface area (Å²) in [7, 11) is 1.38. The zero-order valence-corrected chi connectivity index (χ0v) is 7.06. The Bertz CT molecular complexity index is 369. The van der Waals surface area contributed by atoms with Crippen molar-refractivity contribution in [3.05, 3.63) is 28.6 Å². The molecule has 70 valence electrons. The number of hydrogen-bond acceptors (Lipinski definition) is 3. The Hall–Kier alpha value is -1.78. The lowest BCUT2D eigenvalue weighted by atomic mass is 10.4. The van der Waals surface area contributed by atoms with Gasteiger partial charge in [-0.05, 0) is 0 Å². The number of rotatable bonds is 3. The van der Waals surface area contributed by atoms with Gasteiger partial charge in [0.1, 0.15) is 6.54 Å². The second-order valence-corrected chi connectivity index (χ2v) is 2.43. The normalized spacial score (nSPS) is 9.62. The Morgan fingerprint density at radius 3 is 2.92 bits per heavy atom. The molecule has 0 saturated heterocycles. The highest BCUT2D eigenvalue weighted by atomic mass is 16.5. The molecule has 0 aliphatic heterocycles. The molecule has 0 spiro atoms. The van der Waals surface area contributed by atoms with Crippen LogP contribution in [-0.4, -0.2) is 22.8 Å². The van der Waals surface area contributed by atoms with E-state index in [0.29, 0.717) is 0 Å². The van der Waals surface area contributed by atoms with Crippen LogP contribution in [0.5, 0.6) is 5.88 Å². The molecule has 0 unspecified atom stereocenters. The maximum Gasteiger partial charge on any atom is 0.323 e. The van der Waals surface area contributed by atoms with Crippen molar-refractivity contribution in [2.45, 2.75) is 6.54 Å². The van der Waals surface area contributed by atoms with Gasteiger partial charge in [0.05, 0.1) is 7.11 Å². The van der Waals surface area contributed by atoms with Crippen molar-refractivity contribution >= 4 is 5.97 Å². The molecule has 0 atom stereocenters. The topological polar surface area (TPSA) is 68.5 Å². The van der Waals surface area contributed by atoms with Crippen LogP contribution in [-0.2, 0) is 11.3 Å². The molecule has 0 aliphatic carbocycles. The first-order chi connectivity index (χ1) is 6.13. The first kappa shape index (κ1) is 9.31. The molecule has 1 N–H and O–H groups in total. The van der Waals surface area contributed by atoms with E-state index in [1.807, 2.05) is 0 Å². The third-order valence-corrected chi connectivity index (χ3v) is 1.48. The third-order valence-electron chi connectivity index (χ3n) is 1.48. The van der Waals surface area contributed by atoms with Crippen molar-refractivity contribution in [1.82, 2.24) is 4.57 Å². The molecule has 0 fully saturated rings. The molecule has 1 rings (SSSR count). The molecular formula is C8H9NO4. The number of carboxylic acid groups (broad SMARTS) is 1. The van der Waals surface area contributed by atoms with E-state index in [1.165, 1.54) is 30.0 Å². The van der Waals surface area contributed by atoms with E-state index < -0.39 is 5.97 Å². The fourth-order valence-electron chi connectivity index (χ4n) is 0.942. The third kappa shape index (κ3) is 2.33. The molecule has 0 saturated carbocycles. The van der Waals surface area contributed by atoms with Crippen LogP contribution in [0, 0.1) is 0 Å². The molecule has 0 bridgehead atoms. The molecule has 5 nitrogen and oxygen atoms in total. The highest BCUT2D eigenvalue weighted by Gasteiger charge is 2.03. The van der Waals surface area contributed by atoms with Crippen molar-refractivity contribution in [2.75, 3.05) is 7.11 Å². The minimum atomic E-state index is -0.984. The van der Waals surface area contributed by atoms with Gasteiger partial charge in [-0.15, -0.1) is 0 Å². The summed E-state index contributed by atoms with van der Waals surface area (Å²) in [6.07, 6.45) is 1.38. The van der Waals surface area contributed by atoms with Gasteiger partial charge in [-0.1, -0.05) is 0 Å². The van der Waals surface area contributed by atoms with Crippen molar-refractivity contribution in [2.24, 2.45) is 0 Å². The number of aliphatic carboxylic acids is 1. The van der Waals surface area contributed by atoms with Crippen molar-refractivity contribution in [1.29, 1.82) is 0 Å². The number of nitrogens with zero attached hydrogens (tertiary/aromatic N) is 1. The van der Waals surface area contributed by atoms with E-state index in [1.54, 1.807) is 0 Å². The molecule has 0 amide bonds. The van der Waals surface area contributed by atoms with Gasteiger partial charge in [-0.25, -0.2) is 0 Å². The van der Waals surface area contributed by atoms with Crippen LogP contribution in [0.25, 0.3) is 0 Å². The van der Waals surface area contributed by atoms with Crippen molar-refractivity contribution in [3.63, 3.8) is 0 Å². The number of ether oxygens (including phenoxy) is 1. The standard InChI is InChI=1S/C8H9NO4/c1-13-7-4-6(10)2-3-9(7)5-8(11)12/h2-4H,5H2,1H3,(H,11,12). The van der Waals surface area contributed by atoms with Crippen LogP contribution in [0.3, 0.4) is 0 Å². The van der Waals surface area contributed by atoms with E-state index in [9.17, 15) is 9.59 Å². The number of pyridine rings is 1. The quantitative estimate of drug-likeness (QED) is 0.712. The van der Waals surface area contributed by atoms with Crippen LogP contribution in [0.2, 0.25) is 0 Å². The van der Waals surface area contributed by atoms with E-state index >= 15 is 0 Å². The summed E-state index contributed by atoms with van der Waals surface area (Å²) < 4.78 is 6.16. The Morgan fingerprint density at radius 2 is 2.38 bits per heavy atom. The zero-order valence-electron chi connectivity index (χ0n) is 7.06. The lowest BCUT2D eigenvalue weighted by Gasteiger charge is -2.08. The maximum atomic E-state index is 10.8. The lowest BCUT2D eigenvalue weighted by Crippen LogP contribution is -2.13. The minimum Gasteiger partial charge on any atom is -0.482 e. The van der Waals surface area contributed by atoms with Crippen molar-refractivity contribution < 1.29 is 14.6 Å². The summed E-state index contributed by atoms with van der Waals surface area (Å²) >= 11 is 0. The number of carboxylic acids is 1. The molecule has 5 heteroatoms. The second-order valence-electron chi connectivity index (χ2n) is 2.43. The van der Waals surface area contributed by atoms with Gasteiger partial charge in [0.25, 0.3) is 0 Å². The summed E-state index contributed by atoms with van der Waals surface area (Å²) in [5.41, 5.74) is -0.210. The molecule has 0 aromatic carbocycles. The molecule has 1 heterocycles. The SMILES string of the molecule is COc1cc(=O)ccn1CC(=O)O. The molecule has 0 radical (unpaired) electrons. The Balaban J connectivity index is 3.06. The van der Waals surface area contributed by atoms with E-state index in [0.717, 1.165) is 0 Å². The summed E-state index contributed by atoms with van der Waals surface area (Å²) in [6.45, 7) is -0.219. The predicted molar refractivity (Wildman–Crippen MR) is 44.9 cm³/mol. The van der Waals surface area contributed by atoms with Gasteiger partial charge < -0.3 is 14.4 Å². The largest absolute Gasteiger partial charge is 0.482 e. The highest BCUT2D eigenvalue weighted by Crippen LogP contribution is 2.05. The first-order valence-corrected chi connectivity index (χ1v) is 3.60. The Labute approximate surface area is 74.2 Å².